The Hall–Kier alpha value is -1.97. The van der Waals surface area contributed by atoms with Gasteiger partial charge in [-0.05, 0) is 19.1 Å². The van der Waals surface area contributed by atoms with E-state index in [0.29, 0.717) is 0 Å². The first kappa shape index (κ1) is 14.4. The highest BCUT2D eigenvalue weighted by molar-refractivity contribution is 5.46. The van der Waals surface area contributed by atoms with Gasteiger partial charge in [0.2, 0.25) is 0 Å². The SMILES string of the molecule is CNc1nc(C(C)(C)C)nc(Cc2ccccn2)c1C. The molecule has 0 radical (unpaired) electrons. The fraction of sp³-hybridized carbons (Fsp3) is 0.438. The number of rotatable bonds is 3. The Bertz CT molecular complexity index is 585. The average molecular weight is 270 g/mol. The average Bonchev–Trinajstić information content (AvgIpc) is 2.41. The minimum absolute atomic E-state index is 0.0713. The number of hydrogen-bond donors (Lipinski definition) is 1. The van der Waals surface area contributed by atoms with Crippen LogP contribution in [0.3, 0.4) is 0 Å². The zero-order valence-electron chi connectivity index (χ0n) is 12.9. The predicted molar refractivity (Wildman–Crippen MR) is 82.1 cm³/mol. The molecule has 0 saturated carbocycles. The summed E-state index contributed by atoms with van der Waals surface area (Å²) >= 11 is 0. The van der Waals surface area contributed by atoms with E-state index in [1.54, 1.807) is 0 Å². The number of anilines is 1. The van der Waals surface area contributed by atoms with Crippen LogP contribution in [0.2, 0.25) is 0 Å². The molecule has 2 heterocycles. The third-order valence-electron chi connectivity index (χ3n) is 3.23. The van der Waals surface area contributed by atoms with Crippen LogP contribution in [0.15, 0.2) is 24.4 Å². The molecule has 0 atom stereocenters. The van der Waals surface area contributed by atoms with Gasteiger partial charge in [-0.3, -0.25) is 4.98 Å². The molecular formula is C16H22N4. The second kappa shape index (κ2) is 5.57. The summed E-state index contributed by atoms with van der Waals surface area (Å²) in [5.41, 5.74) is 3.08. The molecule has 20 heavy (non-hydrogen) atoms. The lowest BCUT2D eigenvalue weighted by atomic mass is 9.95. The van der Waals surface area contributed by atoms with Crippen molar-refractivity contribution in [2.24, 2.45) is 0 Å². The first-order chi connectivity index (χ1) is 9.41. The van der Waals surface area contributed by atoms with Crippen LogP contribution in [0.1, 0.15) is 43.5 Å². The Labute approximate surface area is 120 Å². The van der Waals surface area contributed by atoms with E-state index in [4.69, 9.17) is 4.98 Å². The molecule has 4 heteroatoms. The standard InChI is InChI=1S/C16H22N4/c1-11-13(10-12-8-6-7-9-18-12)19-15(16(2,3)4)20-14(11)17-5/h6-9H,10H2,1-5H3,(H,17,19,20). The summed E-state index contributed by atoms with van der Waals surface area (Å²) in [6.07, 6.45) is 2.54. The maximum absolute atomic E-state index is 4.76. The lowest BCUT2D eigenvalue weighted by Crippen LogP contribution is -2.19. The second-order valence-electron chi connectivity index (χ2n) is 5.97. The van der Waals surface area contributed by atoms with Crippen molar-refractivity contribution >= 4 is 5.82 Å². The number of nitrogens with one attached hydrogen (secondary N) is 1. The third kappa shape index (κ3) is 3.13. The van der Waals surface area contributed by atoms with E-state index >= 15 is 0 Å². The largest absolute Gasteiger partial charge is 0.373 e. The van der Waals surface area contributed by atoms with E-state index in [0.717, 1.165) is 35.0 Å². The quantitative estimate of drug-likeness (QED) is 0.931. The third-order valence-corrected chi connectivity index (χ3v) is 3.23. The van der Waals surface area contributed by atoms with Gasteiger partial charge in [-0.2, -0.15) is 0 Å². The molecule has 0 amide bonds. The minimum atomic E-state index is -0.0713. The van der Waals surface area contributed by atoms with Crippen molar-refractivity contribution in [3.8, 4) is 0 Å². The molecule has 0 spiro atoms. The first-order valence-corrected chi connectivity index (χ1v) is 6.87. The van der Waals surface area contributed by atoms with Gasteiger partial charge in [0, 0.05) is 36.3 Å². The van der Waals surface area contributed by atoms with Crippen molar-refractivity contribution in [3.05, 3.63) is 47.2 Å². The van der Waals surface area contributed by atoms with E-state index in [-0.39, 0.29) is 5.41 Å². The van der Waals surface area contributed by atoms with Gasteiger partial charge >= 0.3 is 0 Å². The molecule has 0 saturated heterocycles. The molecule has 0 unspecified atom stereocenters. The van der Waals surface area contributed by atoms with Crippen molar-refractivity contribution in [2.45, 2.75) is 39.5 Å². The van der Waals surface area contributed by atoms with Crippen LogP contribution in [0.5, 0.6) is 0 Å². The molecule has 1 N–H and O–H groups in total. The topological polar surface area (TPSA) is 50.7 Å². The lowest BCUT2D eigenvalue weighted by Gasteiger charge is -2.20. The molecule has 0 bridgehead atoms. The van der Waals surface area contributed by atoms with E-state index in [2.05, 4.69) is 43.0 Å². The highest BCUT2D eigenvalue weighted by atomic mass is 15.0. The maximum Gasteiger partial charge on any atom is 0.136 e. The molecule has 0 aliphatic carbocycles. The van der Waals surface area contributed by atoms with Crippen LogP contribution in [0.4, 0.5) is 5.82 Å². The minimum Gasteiger partial charge on any atom is -0.373 e. The summed E-state index contributed by atoms with van der Waals surface area (Å²) in [4.78, 5) is 13.8. The van der Waals surface area contributed by atoms with Crippen molar-refractivity contribution in [1.82, 2.24) is 15.0 Å². The monoisotopic (exact) mass is 270 g/mol. The first-order valence-electron chi connectivity index (χ1n) is 6.87. The van der Waals surface area contributed by atoms with Crippen LogP contribution in [0.25, 0.3) is 0 Å². The van der Waals surface area contributed by atoms with Crippen LogP contribution in [-0.2, 0) is 11.8 Å². The highest BCUT2D eigenvalue weighted by Gasteiger charge is 2.21. The molecule has 0 fully saturated rings. The number of nitrogens with zero attached hydrogens (tertiary/aromatic N) is 3. The van der Waals surface area contributed by atoms with E-state index in [1.165, 1.54) is 0 Å². The van der Waals surface area contributed by atoms with Crippen molar-refractivity contribution in [3.63, 3.8) is 0 Å². The van der Waals surface area contributed by atoms with E-state index in [9.17, 15) is 0 Å². The predicted octanol–water partition coefficient (Wildman–Crippen LogP) is 3.11. The molecular weight excluding hydrogens is 248 g/mol. The molecule has 0 aliphatic heterocycles. The fourth-order valence-corrected chi connectivity index (χ4v) is 1.99. The maximum atomic E-state index is 4.76. The van der Waals surface area contributed by atoms with Crippen LogP contribution < -0.4 is 5.32 Å². The number of hydrogen-bond acceptors (Lipinski definition) is 4. The Morgan fingerprint density at radius 2 is 1.90 bits per heavy atom. The lowest BCUT2D eigenvalue weighted by molar-refractivity contribution is 0.542. The Balaban J connectivity index is 2.46. The second-order valence-corrected chi connectivity index (χ2v) is 5.97. The summed E-state index contributed by atoms with van der Waals surface area (Å²) in [5, 5.41) is 3.16. The molecule has 2 rings (SSSR count). The Kier molecular flexibility index (Phi) is 4.02. The van der Waals surface area contributed by atoms with Gasteiger partial charge in [0.05, 0.1) is 5.69 Å². The molecule has 0 aromatic carbocycles. The zero-order valence-corrected chi connectivity index (χ0v) is 12.9. The van der Waals surface area contributed by atoms with E-state index in [1.807, 2.05) is 31.4 Å². The van der Waals surface area contributed by atoms with Crippen LogP contribution in [-0.4, -0.2) is 22.0 Å². The normalized spacial score (nSPS) is 11.4. The van der Waals surface area contributed by atoms with Gasteiger partial charge in [0.15, 0.2) is 0 Å². The molecule has 0 aliphatic rings. The van der Waals surface area contributed by atoms with E-state index < -0.39 is 0 Å². The van der Waals surface area contributed by atoms with Gasteiger partial charge in [0.1, 0.15) is 11.6 Å². The smallest absolute Gasteiger partial charge is 0.136 e. The summed E-state index contributed by atoms with van der Waals surface area (Å²) < 4.78 is 0. The highest BCUT2D eigenvalue weighted by Crippen LogP contribution is 2.24. The summed E-state index contributed by atoms with van der Waals surface area (Å²) in [6.45, 7) is 8.43. The van der Waals surface area contributed by atoms with Crippen molar-refractivity contribution < 1.29 is 0 Å². The van der Waals surface area contributed by atoms with Crippen molar-refractivity contribution in [1.29, 1.82) is 0 Å². The Morgan fingerprint density at radius 1 is 1.15 bits per heavy atom. The van der Waals surface area contributed by atoms with Crippen LogP contribution >= 0.6 is 0 Å². The molecule has 106 valence electrons. The zero-order chi connectivity index (χ0) is 14.8. The molecule has 2 aromatic rings. The van der Waals surface area contributed by atoms with Crippen molar-refractivity contribution in [2.75, 3.05) is 12.4 Å². The molecule has 2 aromatic heterocycles. The van der Waals surface area contributed by atoms with Gasteiger partial charge in [-0.25, -0.2) is 9.97 Å². The fourth-order valence-electron chi connectivity index (χ4n) is 1.99. The van der Waals surface area contributed by atoms with Gasteiger partial charge in [0.25, 0.3) is 0 Å². The van der Waals surface area contributed by atoms with Gasteiger partial charge in [-0.1, -0.05) is 26.8 Å². The molecule has 4 nitrogen and oxygen atoms in total. The summed E-state index contributed by atoms with van der Waals surface area (Å²) in [5.74, 6) is 1.76. The van der Waals surface area contributed by atoms with Crippen LogP contribution in [0, 0.1) is 6.92 Å². The van der Waals surface area contributed by atoms with Gasteiger partial charge < -0.3 is 5.32 Å². The Morgan fingerprint density at radius 3 is 2.45 bits per heavy atom. The number of pyridine rings is 1. The summed E-state index contributed by atoms with van der Waals surface area (Å²) in [7, 11) is 1.90. The summed E-state index contributed by atoms with van der Waals surface area (Å²) in [6, 6.07) is 5.95. The van der Waals surface area contributed by atoms with Gasteiger partial charge in [-0.15, -0.1) is 0 Å². The number of aromatic nitrogens is 3.